The van der Waals surface area contributed by atoms with Gasteiger partial charge in [-0.3, -0.25) is 0 Å². The molecule has 2 aromatic rings. The Bertz CT molecular complexity index is 563. The Morgan fingerprint density at radius 2 is 2.06 bits per heavy atom. The zero-order chi connectivity index (χ0) is 13.3. The van der Waals surface area contributed by atoms with Crippen LogP contribution in [0.5, 0.6) is 0 Å². The summed E-state index contributed by atoms with van der Waals surface area (Å²) in [6, 6.07) is 7.37. The van der Waals surface area contributed by atoms with E-state index in [1.807, 2.05) is 6.92 Å². The standard InChI is InChI=1S/C14H17NO3/c1-9(2)12-6-4-10(3)15(12)8-11-5-7-13(18-11)14(16)17/h4-7,9H,8H2,1-3H3,(H,16,17). The zero-order valence-electron chi connectivity index (χ0n) is 10.8. The van der Waals surface area contributed by atoms with E-state index < -0.39 is 5.97 Å². The number of aromatic nitrogens is 1. The van der Waals surface area contributed by atoms with Crippen LogP contribution in [0.2, 0.25) is 0 Å². The van der Waals surface area contributed by atoms with Gasteiger partial charge in [0.15, 0.2) is 0 Å². The third kappa shape index (κ3) is 2.32. The maximum absolute atomic E-state index is 10.8. The van der Waals surface area contributed by atoms with Gasteiger partial charge in [0.25, 0.3) is 0 Å². The van der Waals surface area contributed by atoms with E-state index in [1.54, 1.807) is 6.07 Å². The highest BCUT2D eigenvalue weighted by Gasteiger charge is 2.13. The average Bonchev–Trinajstić information content (AvgIpc) is 2.88. The van der Waals surface area contributed by atoms with Gasteiger partial charge in [-0.05, 0) is 37.1 Å². The largest absolute Gasteiger partial charge is 0.475 e. The van der Waals surface area contributed by atoms with Crippen LogP contribution >= 0.6 is 0 Å². The lowest BCUT2D eigenvalue weighted by atomic mass is 10.1. The molecule has 4 heteroatoms. The molecule has 0 spiro atoms. The fourth-order valence-corrected chi connectivity index (χ4v) is 2.04. The van der Waals surface area contributed by atoms with Crippen LogP contribution in [0.3, 0.4) is 0 Å². The third-order valence-corrected chi connectivity index (χ3v) is 3.01. The van der Waals surface area contributed by atoms with Crippen molar-refractivity contribution in [2.24, 2.45) is 0 Å². The molecule has 96 valence electrons. The fraction of sp³-hybridized carbons (Fsp3) is 0.357. The van der Waals surface area contributed by atoms with E-state index in [1.165, 1.54) is 11.8 Å². The van der Waals surface area contributed by atoms with Crippen LogP contribution in [0, 0.1) is 6.92 Å². The van der Waals surface area contributed by atoms with Crippen LogP contribution < -0.4 is 0 Å². The van der Waals surface area contributed by atoms with Gasteiger partial charge < -0.3 is 14.1 Å². The Labute approximate surface area is 106 Å². The second-order valence-electron chi connectivity index (χ2n) is 4.71. The first-order valence-electron chi connectivity index (χ1n) is 5.97. The molecule has 0 saturated heterocycles. The van der Waals surface area contributed by atoms with E-state index >= 15 is 0 Å². The molecule has 0 aromatic carbocycles. The molecule has 1 N–H and O–H groups in total. The van der Waals surface area contributed by atoms with Crippen molar-refractivity contribution in [1.29, 1.82) is 0 Å². The monoisotopic (exact) mass is 247 g/mol. The van der Waals surface area contributed by atoms with Crippen molar-refractivity contribution in [3.8, 4) is 0 Å². The number of nitrogens with zero attached hydrogens (tertiary/aromatic N) is 1. The number of hydrogen-bond acceptors (Lipinski definition) is 2. The maximum atomic E-state index is 10.8. The smallest absolute Gasteiger partial charge is 0.371 e. The van der Waals surface area contributed by atoms with Crippen molar-refractivity contribution in [3.63, 3.8) is 0 Å². The molecule has 2 rings (SSSR count). The van der Waals surface area contributed by atoms with Crippen molar-refractivity contribution < 1.29 is 14.3 Å². The SMILES string of the molecule is Cc1ccc(C(C)C)n1Cc1ccc(C(=O)O)o1. The van der Waals surface area contributed by atoms with Gasteiger partial charge >= 0.3 is 5.97 Å². The normalized spacial score (nSPS) is 11.1. The molecule has 0 aliphatic carbocycles. The Morgan fingerprint density at radius 3 is 2.61 bits per heavy atom. The predicted molar refractivity (Wildman–Crippen MR) is 68.0 cm³/mol. The molecule has 0 atom stereocenters. The number of carbonyl (C=O) groups is 1. The average molecular weight is 247 g/mol. The third-order valence-electron chi connectivity index (χ3n) is 3.01. The molecule has 2 aromatic heterocycles. The van der Waals surface area contributed by atoms with Gasteiger partial charge in [0, 0.05) is 11.4 Å². The Morgan fingerprint density at radius 1 is 1.33 bits per heavy atom. The van der Waals surface area contributed by atoms with Crippen LogP contribution in [0.4, 0.5) is 0 Å². The minimum atomic E-state index is -1.03. The second kappa shape index (κ2) is 4.72. The number of furan rings is 1. The van der Waals surface area contributed by atoms with E-state index in [4.69, 9.17) is 9.52 Å². The fourth-order valence-electron chi connectivity index (χ4n) is 2.04. The molecule has 0 bridgehead atoms. The van der Waals surface area contributed by atoms with Crippen molar-refractivity contribution in [3.05, 3.63) is 47.2 Å². The molecule has 0 saturated carbocycles. The molecular weight excluding hydrogens is 230 g/mol. The van der Waals surface area contributed by atoms with Gasteiger partial charge in [0.1, 0.15) is 5.76 Å². The zero-order valence-corrected chi connectivity index (χ0v) is 10.8. The van der Waals surface area contributed by atoms with Crippen molar-refractivity contribution in [2.75, 3.05) is 0 Å². The summed E-state index contributed by atoms with van der Waals surface area (Å²) in [7, 11) is 0. The van der Waals surface area contributed by atoms with Gasteiger partial charge in [-0.2, -0.15) is 0 Å². The highest BCUT2D eigenvalue weighted by molar-refractivity contribution is 5.84. The van der Waals surface area contributed by atoms with Crippen LogP contribution in [0.25, 0.3) is 0 Å². The number of carboxylic acid groups (broad SMARTS) is 1. The van der Waals surface area contributed by atoms with E-state index in [0.717, 1.165) is 5.69 Å². The Balaban J connectivity index is 2.27. The van der Waals surface area contributed by atoms with Crippen LogP contribution in [0.1, 0.15) is 47.5 Å². The van der Waals surface area contributed by atoms with Crippen LogP contribution in [-0.2, 0) is 6.54 Å². The highest BCUT2D eigenvalue weighted by atomic mass is 16.4. The summed E-state index contributed by atoms with van der Waals surface area (Å²) in [6.45, 7) is 6.87. The minimum absolute atomic E-state index is 0.0130. The van der Waals surface area contributed by atoms with Crippen molar-refractivity contribution >= 4 is 5.97 Å². The molecule has 0 fully saturated rings. The first-order chi connectivity index (χ1) is 8.49. The molecular formula is C14H17NO3. The Hall–Kier alpha value is -1.97. The summed E-state index contributed by atoms with van der Waals surface area (Å²) in [5, 5.41) is 8.82. The molecule has 2 heterocycles. The molecule has 0 radical (unpaired) electrons. The Kier molecular flexibility index (Phi) is 3.28. The van der Waals surface area contributed by atoms with E-state index in [-0.39, 0.29) is 5.76 Å². The lowest BCUT2D eigenvalue weighted by Crippen LogP contribution is -2.06. The second-order valence-corrected chi connectivity index (χ2v) is 4.71. The summed E-state index contributed by atoms with van der Waals surface area (Å²) in [4.78, 5) is 10.8. The number of aryl methyl sites for hydroxylation is 1. The summed E-state index contributed by atoms with van der Waals surface area (Å²) < 4.78 is 7.44. The van der Waals surface area contributed by atoms with Crippen LogP contribution in [0.15, 0.2) is 28.7 Å². The summed E-state index contributed by atoms with van der Waals surface area (Å²) in [5.41, 5.74) is 2.37. The predicted octanol–water partition coefficient (Wildman–Crippen LogP) is 3.26. The molecule has 18 heavy (non-hydrogen) atoms. The molecule has 0 aliphatic rings. The topological polar surface area (TPSA) is 55.4 Å². The minimum Gasteiger partial charge on any atom is -0.475 e. The molecule has 0 unspecified atom stereocenters. The van der Waals surface area contributed by atoms with Crippen molar-refractivity contribution in [2.45, 2.75) is 33.2 Å². The van der Waals surface area contributed by atoms with E-state index in [9.17, 15) is 4.79 Å². The summed E-state index contributed by atoms with van der Waals surface area (Å²) in [5.74, 6) is 0.0386. The van der Waals surface area contributed by atoms with Gasteiger partial charge in [-0.25, -0.2) is 4.79 Å². The first-order valence-corrected chi connectivity index (χ1v) is 5.97. The quantitative estimate of drug-likeness (QED) is 0.902. The molecule has 0 aliphatic heterocycles. The van der Waals surface area contributed by atoms with Crippen LogP contribution in [-0.4, -0.2) is 15.6 Å². The van der Waals surface area contributed by atoms with E-state index in [0.29, 0.717) is 18.2 Å². The lowest BCUT2D eigenvalue weighted by Gasteiger charge is -2.12. The van der Waals surface area contributed by atoms with Gasteiger partial charge in [-0.1, -0.05) is 13.8 Å². The highest BCUT2D eigenvalue weighted by Crippen LogP contribution is 2.20. The number of carboxylic acids is 1. The number of rotatable bonds is 4. The van der Waals surface area contributed by atoms with Gasteiger partial charge in [-0.15, -0.1) is 0 Å². The number of aromatic carboxylic acids is 1. The van der Waals surface area contributed by atoms with E-state index in [2.05, 4.69) is 30.5 Å². The van der Waals surface area contributed by atoms with Gasteiger partial charge in [0.05, 0.1) is 6.54 Å². The summed E-state index contributed by atoms with van der Waals surface area (Å²) >= 11 is 0. The molecule has 4 nitrogen and oxygen atoms in total. The lowest BCUT2D eigenvalue weighted by molar-refractivity contribution is 0.0660. The molecule has 0 amide bonds. The first kappa shape index (κ1) is 12.5. The van der Waals surface area contributed by atoms with Crippen molar-refractivity contribution in [1.82, 2.24) is 4.57 Å². The van der Waals surface area contributed by atoms with Gasteiger partial charge in [0.2, 0.25) is 5.76 Å². The number of hydrogen-bond donors (Lipinski definition) is 1. The maximum Gasteiger partial charge on any atom is 0.371 e. The summed E-state index contributed by atoms with van der Waals surface area (Å²) in [6.07, 6.45) is 0.